The van der Waals surface area contributed by atoms with E-state index in [4.69, 9.17) is 14.2 Å². The summed E-state index contributed by atoms with van der Waals surface area (Å²) >= 11 is 0. The predicted octanol–water partition coefficient (Wildman–Crippen LogP) is 2.78. The summed E-state index contributed by atoms with van der Waals surface area (Å²) in [5.74, 6) is 1.61. The van der Waals surface area contributed by atoms with Gasteiger partial charge >= 0.3 is 0 Å². The molecule has 0 amide bonds. The maximum atomic E-state index is 9.90. The van der Waals surface area contributed by atoms with E-state index in [2.05, 4.69) is 5.32 Å². The Morgan fingerprint density at radius 3 is 2.08 bits per heavy atom. The lowest BCUT2D eigenvalue weighted by atomic mass is 9.88. The fraction of sp³-hybridized carbons (Fsp3) is 0.333. The predicted molar refractivity (Wildman–Crippen MR) is 96.7 cm³/mol. The van der Waals surface area contributed by atoms with E-state index >= 15 is 0 Å². The first kappa shape index (κ1) is 19.0. The first-order chi connectivity index (χ1) is 11.6. The van der Waals surface area contributed by atoms with Crippen molar-refractivity contribution in [3.05, 3.63) is 41.0 Å². The van der Waals surface area contributed by atoms with Crippen molar-refractivity contribution in [1.82, 2.24) is 5.32 Å². The number of benzene rings is 2. The maximum absolute atomic E-state index is 9.90. The molecule has 0 saturated heterocycles. The summed E-state index contributed by atoms with van der Waals surface area (Å²) in [6, 6.07) is 6.68. The summed E-state index contributed by atoms with van der Waals surface area (Å²) in [5.41, 5.74) is 2.77. The Hall–Kier alpha value is -2.31. The number of nitrogens with one attached hydrogen (secondary N) is 1. The van der Waals surface area contributed by atoms with Gasteiger partial charge in [0.2, 0.25) is 0 Å². The average Bonchev–Trinajstić information content (AvgIpc) is 2.61. The zero-order valence-corrected chi connectivity index (χ0v) is 15.1. The molecule has 2 aromatic carbocycles. The molecule has 3 N–H and O–H groups in total. The fourth-order valence-electron chi connectivity index (χ4n) is 3.14. The standard InChI is InChI=1S/C18H21NO5.ClH/c1-22-15-9-17(24-3)16(23-2)8-12(15)18-11-7-14(21)13(20)6-10(11)4-5-19-18;/h6-9,18-21H,4-5H2,1-3H3;1H. The first-order valence-corrected chi connectivity index (χ1v) is 7.67. The molecule has 0 saturated carbocycles. The normalized spacial score (nSPS) is 15.7. The molecule has 0 aromatic heterocycles. The third-order valence-corrected chi connectivity index (χ3v) is 4.34. The van der Waals surface area contributed by atoms with Crippen LogP contribution in [0.4, 0.5) is 0 Å². The molecule has 0 spiro atoms. The van der Waals surface area contributed by atoms with Gasteiger partial charge in [0.05, 0.1) is 27.4 Å². The van der Waals surface area contributed by atoms with Crippen LogP contribution >= 0.6 is 12.4 Å². The summed E-state index contributed by atoms with van der Waals surface area (Å²) in [7, 11) is 4.76. The van der Waals surface area contributed by atoms with Crippen molar-refractivity contribution in [1.29, 1.82) is 0 Å². The van der Waals surface area contributed by atoms with Gasteiger partial charge in [-0.05, 0) is 35.7 Å². The van der Waals surface area contributed by atoms with E-state index in [-0.39, 0.29) is 29.9 Å². The smallest absolute Gasteiger partial charge is 0.164 e. The van der Waals surface area contributed by atoms with Crippen LogP contribution < -0.4 is 19.5 Å². The summed E-state index contributed by atoms with van der Waals surface area (Å²) in [6.07, 6.45) is 0.773. The molecule has 136 valence electrons. The highest BCUT2D eigenvalue weighted by atomic mass is 35.5. The number of halogens is 1. The van der Waals surface area contributed by atoms with Crippen LogP contribution in [0.2, 0.25) is 0 Å². The van der Waals surface area contributed by atoms with Crippen LogP contribution in [0.1, 0.15) is 22.7 Å². The molecule has 1 aliphatic rings. The van der Waals surface area contributed by atoms with Gasteiger partial charge in [-0.15, -0.1) is 12.4 Å². The monoisotopic (exact) mass is 367 g/mol. The van der Waals surface area contributed by atoms with Crippen LogP contribution in [0.3, 0.4) is 0 Å². The van der Waals surface area contributed by atoms with Crippen molar-refractivity contribution in [2.45, 2.75) is 12.5 Å². The van der Waals surface area contributed by atoms with Gasteiger partial charge in [-0.2, -0.15) is 0 Å². The number of fused-ring (bicyclic) bond motifs is 1. The Morgan fingerprint density at radius 1 is 0.840 bits per heavy atom. The molecule has 1 heterocycles. The van der Waals surface area contributed by atoms with Crippen LogP contribution in [-0.2, 0) is 6.42 Å². The Balaban J connectivity index is 0.00000225. The Kier molecular flexibility index (Phi) is 5.87. The molecule has 0 fully saturated rings. The van der Waals surface area contributed by atoms with Gasteiger partial charge < -0.3 is 29.7 Å². The quantitative estimate of drug-likeness (QED) is 0.721. The lowest BCUT2D eigenvalue weighted by molar-refractivity contribution is 0.345. The number of rotatable bonds is 4. The van der Waals surface area contributed by atoms with E-state index in [1.165, 1.54) is 0 Å². The number of methoxy groups -OCH3 is 3. The molecule has 1 atom stereocenters. The molecular weight excluding hydrogens is 346 g/mol. The second-order valence-corrected chi connectivity index (χ2v) is 5.63. The van der Waals surface area contributed by atoms with Gasteiger partial charge in [0.1, 0.15) is 5.75 Å². The van der Waals surface area contributed by atoms with Crippen molar-refractivity contribution in [2.75, 3.05) is 27.9 Å². The molecule has 25 heavy (non-hydrogen) atoms. The fourth-order valence-corrected chi connectivity index (χ4v) is 3.14. The van der Waals surface area contributed by atoms with Crippen molar-refractivity contribution in [2.24, 2.45) is 0 Å². The van der Waals surface area contributed by atoms with Crippen molar-refractivity contribution in [3.63, 3.8) is 0 Å². The number of aromatic hydroxyl groups is 2. The van der Waals surface area contributed by atoms with Crippen LogP contribution in [0.15, 0.2) is 24.3 Å². The number of phenols is 2. The lowest BCUT2D eigenvalue weighted by Gasteiger charge is -2.29. The van der Waals surface area contributed by atoms with Crippen LogP contribution in [0.25, 0.3) is 0 Å². The van der Waals surface area contributed by atoms with E-state index in [0.717, 1.165) is 29.7 Å². The molecular formula is C18H22ClNO5. The Morgan fingerprint density at radius 2 is 1.44 bits per heavy atom. The summed E-state index contributed by atoms with van der Waals surface area (Å²) in [4.78, 5) is 0. The van der Waals surface area contributed by atoms with Crippen LogP contribution in [0.5, 0.6) is 28.7 Å². The van der Waals surface area contributed by atoms with E-state index in [0.29, 0.717) is 17.2 Å². The number of hydrogen-bond donors (Lipinski definition) is 3. The SMILES string of the molecule is COc1cc(OC)c(C2NCCc3cc(O)c(O)cc32)cc1OC.Cl. The third kappa shape index (κ3) is 3.41. The van der Waals surface area contributed by atoms with E-state index < -0.39 is 0 Å². The first-order valence-electron chi connectivity index (χ1n) is 7.67. The number of hydrogen-bond acceptors (Lipinski definition) is 6. The average molecular weight is 368 g/mol. The maximum Gasteiger partial charge on any atom is 0.164 e. The molecule has 2 aromatic rings. The van der Waals surface area contributed by atoms with Crippen molar-refractivity contribution >= 4 is 12.4 Å². The zero-order chi connectivity index (χ0) is 17.3. The molecule has 1 unspecified atom stereocenters. The molecule has 7 heteroatoms. The Labute approximate surface area is 152 Å². The highest BCUT2D eigenvalue weighted by molar-refractivity contribution is 5.85. The molecule has 6 nitrogen and oxygen atoms in total. The largest absolute Gasteiger partial charge is 0.504 e. The minimum Gasteiger partial charge on any atom is -0.504 e. The van der Waals surface area contributed by atoms with Gasteiger partial charge in [0.15, 0.2) is 23.0 Å². The molecule has 0 bridgehead atoms. The minimum atomic E-state index is -0.185. The molecule has 3 rings (SSSR count). The van der Waals surface area contributed by atoms with Crippen molar-refractivity contribution < 1.29 is 24.4 Å². The van der Waals surface area contributed by atoms with E-state index in [1.807, 2.05) is 6.07 Å². The summed E-state index contributed by atoms with van der Waals surface area (Å²) < 4.78 is 16.2. The van der Waals surface area contributed by atoms with E-state index in [1.54, 1.807) is 39.5 Å². The van der Waals surface area contributed by atoms with Crippen molar-refractivity contribution in [3.8, 4) is 28.7 Å². The number of ether oxygens (including phenoxy) is 3. The molecule has 1 aliphatic heterocycles. The summed E-state index contributed by atoms with van der Waals surface area (Å²) in [6.45, 7) is 0.749. The lowest BCUT2D eigenvalue weighted by Crippen LogP contribution is -2.30. The van der Waals surface area contributed by atoms with Gasteiger partial charge in [0, 0.05) is 18.2 Å². The molecule has 0 aliphatic carbocycles. The van der Waals surface area contributed by atoms with Gasteiger partial charge in [-0.3, -0.25) is 0 Å². The third-order valence-electron chi connectivity index (χ3n) is 4.34. The van der Waals surface area contributed by atoms with Gasteiger partial charge in [-0.1, -0.05) is 0 Å². The Bertz CT molecular complexity index is 766. The van der Waals surface area contributed by atoms with E-state index in [9.17, 15) is 10.2 Å². The minimum absolute atomic E-state index is 0. The molecule has 0 radical (unpaired) electrons. The summed E-state index contributed by atoms with van der Waals surface area (Å²) in [5, 5.41) is 23.1. The highest BCUT2D eigenvalue weighted by Crippen LogP contribution is 2.42. The zero-order valence-electron chi connectivity index (χ0n) is 14.3. The van der Waals surface area contributed by atoms with Crippen LogP contribution in [0, 0.1) is 0 Å². The van der Waals surface area contributed by atoms with Gasteiger partial charge in [-0.25, -0.2) is 0 Å². The second kappa shape index (κ2) is 7.72. The second-order valence-electron chi connectivity index (χ2n) is 5.63. The topological polar surface area (TPSA) is 80.2 Å². The van der Waals surface area contributed by atoms with Crippen LogP contribution in [-0.4, -0.2) is 38.1 Å². The highest BCUT2D eigenvalue weighted by Gasteiger charge is 2.27. The van der Waals surface area contributed by atoms with Gasteiger partial charge in [0.25, 0.3) is 0 Å². The number of phenolic OH excluding ortho intramolecular Hbond substituents is 2.